The average Bonchev–Trinajstić information content (AvgIpc) is 0.900. The molecule has 5 atom stereocenters. The maximum absolute atomic E-state index is 13.2. The Bertz CT molecular complexity index is 2070. The number of carbonyl (C=O) groups excluding carboxylic acids is 4. The van der Waals surface area contributed by atoms with Gasteiger partial charge in [0.1, 0.15) is 19.3 Å². The zero-order valence-electron chi connectivity index (χ0n) is 72.3. The monoisotopic (exact) mass is 1610 g/mol. The molecule has 3 N–H and O–H groups in total. The Hall–Kier alpha value is -1.94. The van der Waals surface area contributed by atoms with Gasteiger partial charge >= 0.3 is 39.5 Å². The second-order valence-electron chi connectivity index (χ2n) is 32.7. The van der Waals surface area contributed by atoms with E-state index in [2.05, 4.69) is 27.7 Å². The van der Waals surface area contributed by atoms with Crippen molar-refractivity contribution in [2.45, 2.75) is 521 Å². The molecule has 0 bridgehead atoms. The van der Waals surface area contributed by atoms with Crippen LogP contribution in [0.25, 0.3) is 0 Å². The van der Waals surface area contributed by atoms with Crippen molar-refractivity contribution in [3.05, 3.63) is 0 Å². The van der Waals surface area contributed by atoms with E-state index in [1.807, 2.05) is 0 Å². The van der Waals surface area contributed by atoms with Gasteiger partial charge in [-0.3, -0.25) is 37.3 Å². The molecule has 654 valence electrons. The van der Waals surface area contributed by atoms with Crippen molar-refractivity contribution >= 4 is 39.5 Å². The van der Waals surface area contributed by atoms with E-state index in [9.17, 15) is 43.2 Å². The Kier molecular flexibility index (Phi) is 83.5. The van der Waals surface area contributed by atoms with Crippen LogP contribution >= 0.6 is 15.6 Å². The fourth-order valence-electron chi connectivity index (χ4n) is 14.4. The molecule has 0 aliphatic rings. The van der Waals surface area contributed by atoms with Gasteiger partial charge in [-0.1, -0.05) is 451 Å². The van der Waals surface area contributed by atoms with Gasteiger partial charge in [0.2, 0.25) is 0 Å². The Morgan fingerprint density at radius 1 is 0.218 bits per heavy atom. The summed E-state index contributed by atoms with van der Waals surface area (Å²) in [4.78, 5) is 73.4. The van der Waals surface area contributed by atoms with Crippen LogP contribution in [-0.4, -0.2) is 96.7 Å². The molecule has 0 heterocycles. The highest BCUT2D eigenvalue weighted by molar-refractivity contribution is 7.47. The van der Waals surface area contributed by atoms with Crippen LogP contribution in [-0.2, 0) is 65.4 Å². The first-order valence-corrected chi connectivity index (χ1v) is 50.3. The third-order valence-electron chi connectivity index (χ3n) is 21.6. The van der Waals surface area contributed by atoms with Gasteiger partial charge in [-0.2, -0.15) is 0 Å². The second kappa shape index (κ2) is 85.0. The highest BCUT2D eigenvalue weighted by Gasteiger charge is 2.31. The standard InChI is InChI=1S/C91H178O17P2/c1-5-9-13-17-21-25-29-33-36-39-41-42-43-45-47-50-54-58-62-66-70-74-78-91(96)108-87(82-102-89(94)76-72-68-64-60-56-52-49-46-44-40-37-34-30-26-22-18-14-10-6-2)84-106-110(99,100)104-80-85(92)79-103-109(97,98)105-83-86(81-101-88(93)75-71-67-63-59-55-51-32-28-24-20-16-12-8-4)107-90(95)77-73-69-65-61-57-53-48-38-35-31-27-23-19-15-11-7-3/h85-87,92H,5-84H2,1-4H3,(H,97,98)(H,99,100)/t85-,86+,87+/m0/s1. The lowest BCUT2D eigenvalue weighted by molar-refractivity contribution is -0.161. The van der Waals surface area contributed by atoms with Crippen LogP contribution in [0.5, 0.6) is 0 Å². The molecule has 0 aromatic rings. The lowest BCUT2D eigenvalue weighted by Gasteiger charge is -2.21. The minimum atomic E-state index is -4.97. The molecule has 0 rings (SSSR count). The molecule has 0 fully saturated rings. The van der Waals surface area contributed by atoms with E-state index in [1.54, 1.807) is 0 Å². The minimum absolute atomic E-state index is 0.110. The van der Waals surface area contributed by atoms with Gasteiger partial charge < -0.3 is 33.8 Å². The van der Waals surface area contributed by atoms with Crippen LogP contribution in [0.4, 0.5) is 0 Å². The van der Waals surface area contributed by atoms with E-state index in [1.165, 1.54) is 334 Å². The van der Waals surface area contributed by atoms with Gasteiger partial charge in [0, 0.05) is 25.7 Å². The van der Waals surface area contributed by atoms with Gasteiger partial charge in [0.25, 0.3) is 0 Å². The number of carbonyl (C=O) groups is 4. The van der Waals surface area contributed by atoms with E-state index < -0.39 is 97.5 Å². The smallest absolute Gasteiger partial charge is 0.462 e. The van der Waals surface area contributed by atoms with Crippen LogP contribution < -0.4 is 0 Å². The Morgan fingerprint density at radius 2 is 0.364 bits per heavy atom. The number of aliphatic hydroxyl groups excluding tert-OH is 1. The van der Waals surface area contributed by atoms with E-state index in [0.717, 1.165) is 89.9 Å². The molecule has 0 saturated carbocycles. The molecule has 0 aromatic carbocycles. The first-order chi connectivity index (χ1) is 53.7. The van der Waals surface area contributed by atoms with Gasteiger partial charge in [0.05, 0.1) is 26.4 Å². The second-order valence-corrected chi connectivity index (χ2v) is 35.6. The lowest BCUT2D eigenvalue weighted by atomic mass is 10.0. The van der Waals surface area contributed by atoms with Gasteiger partial charge in [-0.15, -0.1) is 0 Å². The molecule has 0 aliphatic carbocycles. The molecule has 0 aromatic heterocycles. The molecule has 0 aliphatic heterocycles. The summed E-state index contributed by atoms with van der Waals surface area (Å²) in [5.41, 5.74) is 0. The summed E-state index contributed by atoms with van der Waals surface area (Å²) in [5.74, 6) is -2.09. The predicted octanol–water partition coefficient (Wildman–Crippen LogP) is 28.5. The topological polar surface area (TPSA) is 237 Å². The van der Waals surface area contributed by atoms with Crippen LogP contribution in [0.2, 0.25) is 0 Å². The number of unbranched alkanes of at least 4 members (excludes halogenated alkanes) is 66. The summed E-state index contributed by atoms with van der Waals surface area (Å²) in [6.45, 7) is 5.09. The normalized spacial score (nSPS) is 13.6. The van der Waals surface area contributed by atoms with Gasteiger partial charge in [0.15, 0.2) is 12.2 Å². The largest absolute Gasteiger partial charge is 0.472 e. The summed E-state index contributed by atoms with van der Waals surface area (Å²) >= 11 is 0. The van der Waals surface area contributed by atoms with E-state index >= 15 is 0 Å². The van der Waals surface area contributed by atoms with Crippen molar-refractivity contribution in [1.29, 1.82) is 0 Å². The number of phosphoric acid groups is 2. The van der Waals surface area contributed by atoms with Gasteiger partial charge in [-0.05, 0) is 25.7 Å². The van der Waals surface area contributed by atoms with E-state index in [-0.39, 0.29) is 25.7 Å². The zero-order chi connectivity index (χ0) is 80.3. The van der Waals surface area contributed by atoms with Crippen LogP contribution in [0.1, 0.15) is 503 Å². The summed E-state index contributed by atoms with van der Waals surface area (Å²) < 4.78 is 69.1. The quantitative estimate of drug-likeness (QED) is 0.0222. The van der Waals surface area contributed by atoms with Crippen LogP contribution in [0.15, 0.2) is 0 Å². The summed E-state index contributed by atoms with van der Waals surface area (Å²) in [7, 11) is -9.93. The van der Waals surface area contributed by atoms with Crippen LogP contribution in [0.3, 0.4) is 0 Å². The molecule has 0 amide bonds. The number of esters is 4. The predicted molar refractivity (Wildman–Crippen MR) is 455 cm³/mol. The highest BCUT2D eigenvalue weighted by Crippen LogP contribution is 2.45. The minimum Gasteiger partial charge on any atom is -0.462 e. The average molecular weight is 1610 g/mol. The molecule has 19 heteroatoms. The third kappa shape index (κ3) is 84.0. The summed E-state index contributed by atoms with van der Waals surface area (Å²) in [5, 5.41) is 10.7. The number of hydrogen-bond donors (Lipinski definition) is 3. The molecule has 0 saturated heterocycles. The van der Waals surface area contributed by atoms with Crippen molar-refractivity contribution in [2.75, 3.05) is 39.6 Å². The Morgan fingerprint density at radius 3 is 0.536 bits per heavy atom. The molecule has 2 unspecified atom stereocenters. The molecule has 17 nitrogen and oxygen atoms in total. The molecular formula is C91H178O17P2. The van der Waals surface area contributed by atoms with E-state index in [4.69, 9.17) is 37.0 Å². The Balaban J connectivity index is 5.24. The van der Waals surface area contributed by atoms with Crippen molar-refractivity contribution in [1.82, 2.24) is 0 Å². The number of aliphatic hydroxyl groups is 1. The zero-order valence-corrected chi connectivity index (χ0v) is 74.0. The lowest BCUT2D eigenvalue weighted by Crippen LogP contribution is -2.30. The molecule has 0 spiro atoms. The molecular weight excluding hydrogens is 1430 g/mol. The van der Waals surface area contributed by atoms with Crippen molar-refractivity contribution in [2.24, 2.45) is 0 Å². The fraction of sp³-hybridized carbons (Fsp3) is 0.956. The fourth-order valence-corrected chi connectivity index (χ4v) is 16.0. The van der Waals surface area contributed by atoms with Crippen LogP contribution in [0, 0.1) is 0 Å². The summed E-state index contributed by atoms with van der Waals surface area (Å²) in [6, 6.07) is 0. The Labute approximate surface area is 677 Å². The maximum atomic E-state index is 13.2. The molecule has 0 radical (unpaired) electrons. The third-order valence-corrected chi connectivity index (χ3v) is 23.5. The number of rotatable bonds is 92. The van der Waals surface area contributed by atoms with Crippen molar-refractivity contribution < 1.29 is 80.2 Å². The number of hydrogen-bond acceptors (Lipinski definition) is 15. The van der Waals surface area contributed by atoms with Gasteiger partial charge in [-0.25, -0.2) is 9.13 Å². The maximum Gasteiger partial charge on any atom is 0.472 e. The van der Waals surface area contributed by atoms with Crippen molar-refractivity contribution in [3.63, 3.8) is 0 Å². The SMILES string of the molecule is CCCCCCCCCCCCCCCCCCCCCCCCC(=O)O[C@H](COC(=O)CCCCCCCCCCCCCCCCCCCCC)COP(=O)(O)OC[C@@H](O)COP(=O)(O)OC[C@@H](COC(=O)CCCCCCCCCCCCCCC)OC(=O)CCCCCCCCCCCCCCCCCC. The highest BCUT2D eigenvalue weighted by atomic mass is 31.2. The first-order valence-electron chi connectivity index (χ1n) is 47.3. The van der Waals surface area contributed by atoms with E-state index in [0.29, 0.717) is 25.7 Å². The summed E-state index contributed by atoms with van der Waals surface area (Å²) in [6.07, 6.45) is 82.0. The number of ether oxygens (including phenoxy) is 4. The van der Waals surface area contributed by atoms with Crippen molar-refractivity contribution in [3.8, 4) is 0 Å². The first kappa shape index (κ1) is 108. The number of phosphoric ester groups is 2. The molecule has 110 heavy (non-hydrogen) atoms.